The second kappa shape index (κ2) is 4.42. The van der Waals surface area contributed by atoms with E-state index in [1.807, 2.05) is 0 Å². The van der Waals surface area contributed by atoms with Crippen molar-refractivity contribution in [3.05, 3.63) is 17.5 Å². The molecule has 0 aromatic carbocycles. The minimum absolute atomic E-state index is 0.406. The number of rotatable bonds is 4. The summed E-state index contributed by atoms with van der Waals surface area (Å²) in [6.45, 7) is 4.16. The molecule has 2 heterocycles. The summed E-state index contributed by atoms with van der Waals surface area (Å²) in [5.41, 5.74) is 2.71. The van der Waals surface area contributed by atoms with Crippen molar-refractivity contribution in [3.63, 3.8) is 0 Å². The highest BCUT2D eigenvalue weighted by Gasteiger charge is 2.46. The highest BCUT2D eigenvalue weighted by atomic mass is 16.5. The average Bonchev–Trinajstić information content (AvgIpc) is 2.91. The zero-order valence-electron chi connectivity index (χ0n) is 10.5. The molecular formula is C13H21N3O. The minimum Gasteiger partial charge on any atom is -0.364 e. The van der Waals surface area contributed by atoms with Gasteiger partial charge >= 0.3 is 0 Å². The van der Waals surface area contributed by atoms with Crippen molar-refractivity contribution in [1.29, 1.82) is 0 Å². The van der Waals surface area contributed by atoms with E-state index in [9.17, 15) is 0 Å². The number of aryl methyl sites for hydroxylation is 1. The van der Waals surface area contributed by atoms with Crippen molar-refractivity contribution in [2.75, 3.05) is 6.54 Å². The maximum absolute atomic E-state index is 5.04. The van der Waals surface area contributed by atoms with E-state index in [-0.39, 0.29) is 0 Å². The molecule has 2 N–H and O–H groups in total. The second-order valence-electron chi connectivity index (χ2n) is 5.30. The fraction of sp³-hybridized carbons (Fsp3) is 0.769. The Balaban J connectivity index is 1.61. The SMILES string of the molecule is CCc1nocc1CNC1CCNC12CCC2. The van der Waals surface area contributed by atoms with Crippen LogP contribution in [-0.4, -0.2) is 23.3 Å². The quantitative estimate of drug-likeness (QED) is 0.832. The zero-order chi connectivity index (χ0) is 11.7. The number of aromatic nitrogens is 1. The smallest absolute Gasteiger partial charge is 0.128 e. The molecule has 94 valence electrons. The maximum atomic E-state index is 5.04. The lowest BCUT2D eigenvalue weighted by Crippen LogP contribution is -2.57. The first-order valence-corrected chi connectivity index (χ1v) is 6.74. The van der Waals surface area contributed by atoms with Crippen LogP contribution in [0.5, 0.6) is 0 Å². The highest BCUT2D eigenvalue weighted by molar-refractivity contribution is 5.16. The molecule has 1 saturated heterocycles. The van der Waals surface area contributed by atoms with Gasteiger partial charge in [-0.1, -0.05) is 12.1 Å². The van der Waals surface area contributed by atoms with Crippen LogP contribution in [0.1, 0.15) is 43.9 Å². The van der Waals surface area contributed by atoms with E-state index in [0.717, 1.165) is 25.2 Å². The average molecular weight is 235 g/mol. The van der Waals surface area contributed by atoms with Crippen LogP contribution in [0.4, 0.5) is 0 Å². The number of nitrogens with zero attached hydrogens (tertiary/aromatic N) is 1. The molecule has 1 aliphatic heterocycles. The Hall–Kier alpha value is -0.870. The van der Waals surface area contributed by atoms with E-state index in [4.69, 9.17) is 4.52 Å². The van der Waals surface area contributed by atoms with Gasteiger partial charge in [-0.05, 0) is 38.6 Å². The van der Waals surface area contributed by atoms with Gasteiger partial charge in [0.1, 0.15) is 6.26 Å². The van der Waals surface area contributed by atoms with Crippen molar-refractivity contribution in [3.8, 4) is 0 Å². The summed E-state index contributed by atoms with van der Waals surface area (Å²) in [4.78, 5) is 0. The van der Waals surface area contributed by atoms with Crippen molar-refractivity contribution >= 4 is 0 Å². The van der Waals surface area contributed by atoms with Gasteiger partial charge in [0.2, 0.25) is 0 Å². The molecule has 2 fully saturated rings. The van der Waals surface area contributed by atoms with Gasteiger partial charge in [0.15, 0.2) is 0 Å². The van der Waals surface area contributed by atoms with Gasteiger partial charge in [-0.3, -0.25) is 0 Å². The van der Waals surface area contributed by atoms with Crippen molar-refractivity contribution in [2.45, 2.75) is 57.2 Å². The topological polar surface area (TPSA) is 50.1 Å². The first-order valence-electron chi connectivity index (χ1n) is 6.74. The molecule has 1 aromatic rings. The normalized spacial score (nSPS) is 26.3. The Morgan fingerprint density at radius 1 is 1.59 bits per heavy atom. The molecule has 1 spiro atoms. The molecule has 2 aliphatic rings. The molecule has 1 aromatic heterocycles. The van der Waals surface area contributed by atoms with Crippen LogP contribution in [-0.2, 0) is 13.0 Å². The fourth-order valence-electron chi connectivity index (χ4n) is 3.19. The number of hydrogen-bond acceptors (Lipinski definition) is 4. The molecular weight excluding hydrogens is 214 g/mol. The molecule has 4 nitrogen and oxygen atoms in total. The zero-order valence-corrected chi connectivity index (χ0v) is 10.5. The van der Waals surface area contributed by atoms with Crippen LogP contribution < -0.4 is 10.6 Å². The van der Waals surface area contributed by atoms with Crippen LogP contribution in [0.25, 0.3) is 0 Å². The lowest BCUT2D eigenvalue weighted by Gasteiger charge is -2.44. The van der Waals surface area contributed by atoms with Gasteiger partial charge < -0.3 is 15.2 Å². The Morgan fingerprint density at radius 3 is 3.18 bits per heavy atom. The largest absolute Gasteiger partial charge is 0.364 e. The monoisotopic (exact) mass is 235 g/mol. The summed E-state index contributed by atoms with van der Waals surface area (Å²) >= 11 is 0. The second-order valence-corrected chi connectivity index (χ2v) is 5.30. The number of nitrogens with one attached hydrogen (secondary N) is 2. The fourth-order valence-corrected chi connectivity index (χ4v) is 3.19. The third-order valence-electron chi connectivity index (χ3n) is 4.43. The Labute approximate surface area is 102 Å². The van der Waals surface area contributed by atoms with Gasteiger partial charge in [-0.2, -0.15) is 0 Å². The van der Waals surface area contributed by atoms with E-state index in [1.165, 1.54) is 31.2 Å². The van der Waals surface area contributed by atoms with Crippen LogP contribution >= 0.6 is 0 Å². The first kappa shape index (κ1) is 11.2. The molecule has 1 aliphatic carbocycles. The Bertz CT molecular complexity index is 384. The summed E-state index contributed by atoms with van der Waals surface area (Å²) in [5, 5.41) is 11.4. The summed E-state index contributed by atoms with van der Waals surface area (Å²) in [6, 6.07) is 0.621. The van der Waals surface area contributed by atoms with E-state index < -0.39 is 0 Å². The van der Waals surface area contributed by atoms with Gasteiger partial charge in [0.05, 0.1) is 5.69 Å². The van der Waals surface area contributed by atoms with Gasteiger partial charge in [0, 0.05) is 23.7 Å². The van der Waals surface area contributed by atoms with Gasteiger partial charge in [-0.25, -0.2) is 0 Å². The molecule has 17 heavy (non-hydrogen) atoms. The lowest BCUT2D eigenvalue weighted by atomic mass is 9.73. The molecule has 0 amide bonds. The molecule has 0 radical (unpaired) electrons. The Morgan fingerprint density at radius 2 is 2.47 bits per heavy atom. The molecule has 0 bridgehead atoms. The molecule has 1 saturated carbocycles. The van der Waals surface area contributed by atoms with Crippen LogP contribution in [0.15, 0.2) is 10.8 Å². The molecule has 3 rings (SSSR count). The molecule has 4 heteroatoms. The predicted molar refractivity (Wildman–Crippen MR) is 65.7 cm³/mol. The highest BCUT2D eigenvalue weighted by Crippen LogP contribution is 2.39. The Kier molecular flexibility index (Phi) is 2.92. The summed E-state index contributed by atoms with van der Waals surface area (Å²) in [6.07, 6.45) is 8.00. The van der Waals surface area contributed by atoms with Crippen molar-refractivity contribution in [2.24, 2.45) is 0 Å². The van der Waals surface area contributed by atoms with Crippen LogP contribution in [0.2, 0.25) is 0 Å². The summed E-state index contributed by atoms with van der Waals surface area (Å²) < 4.78 is 5.04. The van der Waals surface area contributed by atoms with E-state index in [2.05, 4.69) is 22.7 Å². The van der Waals surface area contributed by atoms with Crippen molar-refractivity contribution in [1.82, 2.24) is 15.8 Å². The van der Waals surface area contributed by atoms with E-state index in [1.54, 1.807) is 6.26 Å². The third kappa shape index (κ3) is 1.89. The third-order valence-corrected chi connectivity index (χ3v) is 4.43. The van der Waals surface area contributed by atoms with E-state index in [0.29, 0.717) is 11.6 Å². The molecule has 1 unspecified atom stereocenters. The summed E-state index contributed by atoms with van der Waals surface area (Å²) in [5.74, 6) is 0. The maximum Gasteiger partial charge on any atom is 0.128 e. The lowest BCUT2D eigenvalue weighted by molar-refractivity contribution is 0.170. The predicted octanol–water partition coefficient (Wildman–Crippen LogP) is 1.61. The van der Waals surface area contributed by atoms with Gasteiger partial charge in [-0.15, -0.1) is 0 Å². The standard InChI is InChI=1S/C13H21N3O/c1-2-11-10(9-17-16-11)8-14-12-4-7-15-13(12)5-3-6-13/h9,12,14-15H,2-8H2,1H3. The minimum atomic E-state index is 0.406. The first-order chi connectivity index (χ1) is 8.34. The number of hydrogen-bond donors (Lipinski definition) is 2. The van der Waals surface area contributed by atoms with Crippen LogP contribution in [0.3, 0.4) is 0 Å². The molecule has 1 atom stereocenters. The van der Waals surface area contributed by atoms with Crippen LogP contribution in [0, 0.1) is 0 Å². The van der Waals surface area contributed by atoms with Gasteiger partial charge in [0.25, 0.3) is 0 Å². The summed E-state index contributed by atoms with van der Waals surface area (Å²) in [7, 11) is 0. The van der Waals surface area contributed by atoms with Crippen molar-refractivity contribution < 1.29 is 4.52 Å². The van der Waals surface area contributed by atoms with E-state index >= 15 is 0 Å².